The molecule has 2 heterocycles. The minimum Gasteiger partial charge on any atom is -0.496 e. The molecule has 0 saturated carbocycles. The van der Waals surface area contributed by atoms with Crippen LogP contribution >= 0.6 is 0 Å². The molecule has 2 atom stereocenters. The molecule has 4 aromatic rings. The van der Waals surface area contributed by atoms with Crippen LogP contribution in [-0.2, 0) is 0 Å². The summed E-state index contributed by atoms with van der Waals surface area (Å²) in [6.07, 6.45) is 1.93. The SMILES string of the molecule is COc1ccccc1[C@H]1C[C@@H](c2ccccc2)N(C(=O)c2cccc([N+](=O)[O-])c2)c2ncnn21. The van der Waals surface area contributed by atoms with Crippen LogP contribution in [0.2, 0.25) is 0 Å². The van der Waals surface area contributed by atoms with Crippen molar-refractivity contribution in [3.05, 3.63) is 112 Å². The standard InChI is InChI=1S/C25H21N5O4/c1-34-23-13-6-5-12-20(23)22-15-21(17-8-3-2-4-9-17)28(25-26-16-27-29(22)25)24(31)18-10-7-11-19(14-18)30(32)33/h2-14,16,21-22H,15H2,1H3/t21-,22+/m0/s1. The molecule has 0 N–H and O–H groups in total. The zero-order chi connectivity index (χ0) is 23.7. The number of hydrogen-bond donors (Lipinski definition) is 0. The highest BCUT2D eigenvalue weighted by molar-refractivity contribution is 6.06. The molecule has 1 aliphatic rings. The van der Waals surface area contributed by atoms with Crippen molar-refractivity contribution in [1.82, 2.24) is 14.8 Å². The Morgan fingerprint density at radius 1 is 1.03 bits per heavy atom. The number of rotatable bonds is 5. The van der Waals surface area contributed by atoms with Crippen molar-refractivity contribution in [1.29, 1.82) is 0 Å². The number of aromatic nitrogens is 3. The zero-order valence-electron chi connectivity index (χ0n) is 18.3. The highest BCUT2D eigenvalue weighted by Crippen LogP contribution is 2.44. The molecule has 0 bridgehead atoms. The predicted octanol–water partition coefficient (Wildman–Crippen LogP) is 4.58. The van der Waals surface area contributed by atoms with E-state index in [1.165, 1.54) is 24.5 Å². The first kappa shape index (κ1) is 21.3. The molecule has 0 aliphatic carbocycles. The molecule has 0 radical (unpaired) electrons. The van der Waals surface area contributed by atoms with Gasteiger partial charge in [0.2, 0.25) is 5.95 Å². The molecule has 0 unspecified atom stereocenters. The molecule has 1 amide bonds. The van der Waals surface area contributed by atoms with E-state index in [1.807, 2.05) is 54.6 Å². The van der Waals surface area contributed by atoms with Gasteiger partial charge in [-0.05, 0) is 24.1 Å². The van der Waals surface area contributed by atoms with Crippen molar-refractivity contribution in [3.8, 4) is 5.75 Å². The summed E-state index contributed by atoms with van der Waals surface area (Å²) in [6, 6.07) is 22.5. The Balaban J connectivity index is 1.66. The number of hydrogen-bond acceptors (Lipinski definition) is 6. The van der Waals surface area contributed by atoms with Crippen molar-refractivity contribution in [3.63, 3.8) is 0 Å². The lowest BCUT2D eigenvalue weighted by molar-refractivity contribution is -0.384. The molecule has 0 spiro atoms. The van der Waals surface area contributed by atoms with Gasteiger partial charge >= 0.3 is 0 Å². The van der Waals surface area contributed by atoms with Crippen LogP contribution in [0.3, 0.4) is 0 Å². The van der Waals surface area contributed by atoms with Gasteiger partial charge in [-0.15, -0.1) is 0 Å². The van der Waals surface area contributed by atoms with Gasteiger partial charge in [-0.2, -0.15) is 10.1 Å². The lowest BCUT2D eigenvalue weighted by Crippen LogP contribution is -2.42. The average Bonchev–Trinajstić information content (AvgIpc) is 3.38. The van der Waals surface area contributed by atoms with E-state index >= 15 is 0 Å². The smallest absolute Gasteiger partial charge is 0.270 e. The number of benzene rings is 3. The fraction of sp³-hybridized carbons (Fsp3) is 0.160. The topological polar surface area (TPSA) is 103 Å². The number of fused-ring (bicyclic) bond motifs is 1. The first-order valence-electron chi connectivity index (χ1n) is 10.7. The van der Waals surface area contributed by atoms with Crippen LogP contribution in [0.15, 0.2) is 85.2 Å². The molecule has 3 aromatic carbocycles. The van der Waals surface area contributed by atoms with E-state index in [1.54, 1.807) is 22.8 Å². The van der Waals surface area contributed by atoms with Gasteiger partial charge < -0.3 is 4.74 Å². The fourth-order valence-electron chi connectivity index (χ4n) is 4.48. The molecule has 0 saturated heterocycles. The van der Waals surface area contributed by atoms with Gasteiger partial charge in [0, 0.05) is 23.3 Å². The van der Waals surface area contributed by atoms with Gasteiger partial charge in [-0.1, -0.05) is 54.6 Å². The van der Waals surface area contributed by atoms with Crippen molar-refractivity contribution < 1.29 is 14.5 Å². The largest absolute Gasteiger partial charge is 0.496 e. The quantitative estimate of drug-likeness (QED) is 0.322. The van der Waals surface area contributed by atoms with Crippen molar-refractivity contribution in [2.24, 2.45) is 0 Å². The number of para-hydroxylation sites is 1. The Morgan fingerprint density at radius 2 is 1.79 bits per heavy atom. The number of nitrogens with zero attached hydrogens (tertiary/aromatic N) is 5. The normalized spacial score (nSPS) is 17.1. The predicted molar refractivity (Wildman–Crippen MR) is 125 cm³/mol. The molecule has 170 valence electrons. The lowest BCUT2D eigenvalue weighted by atomic mass is 9.91. The molecule has 9 nitrogen and oxygen atoms in total. The van der Waals surface area contributed by atoms with Crippen LogP contribution in [0.4, 0.5) is 11.6 Å². The molecule has 0 fully saturated rings. The van der Waals surface area contributed by atoms with E-state index < -0.39 is 4.92 Å². The van der Waals surface area contributed by atoms with E-state index in [2.05, 4.69) is 10.1 Å². The summed E-state index contributed by atoms with van der Waals surface area (Å²) >= 11 is 0. The third kappa shape index (κ3) is 3.66. The summed E-state index contributed by atoms with van der Waals surface area (Å²) in [5.41, 5.74) is 1.92. The van der Waals surface area contributed by atoms with Gasteiger partial charge in [-0.3, -0.25) is 19.8 Å². The summed E-state index contributed by atoms with van der Waals surface area (Å²) in [5.74, 6) is 0.706. The average molecular weight is 455 g/mol. The summed E-state index contributed by atoms with van der Waals surface area (Å²) in [5, 5.41) is 15.7. The number of carbonyl (C=O) groups excluding carboxylic acids is 1. The van der Waals surface area contributed by atoms with E-state index in [4.69, 9.17) is 4.74 Å². The number of nitro benzene ring substituents is 1. The Labute approximate surface area is 195 Å². The third-order valence-corrected chi connectivity index (χ3v) is 6.03. The number of amides is 1. The molecule has 9 heteroatoms. The van der Waals surface area contributed by atoms with Crippen LogP contribution in [0, 0.1) is 10.1 Å². The minimum atomic E-state index is -0.512. The van der Waals surface area contributed by atoms with E-state index in [0.29, 0.717) is 12.4 Å². The Bertz CT molecular complexity index is 1350. The summed E-state index contributed by atoms with van der Waals surface area (Å²) < 4.78 is 7.32. The lowest BCUT2D eigenvalue weighted by Gasteiger charge is -2.39. The number of methoxy groups -OCH3 is 1. The van der Waals surface area contributed by atoms with Crippen LogP contribution < -0.4 is 9.64 Å². The first-order chi connectivity index (χ1) is 16.6. The fourth-order valence-corrected chi connectivity index (χ4v) is 4.48. The molecule has 1 aliphatic heterocycles. The first-order valence-corrected chi connectivity index (χ1v) is 10.7. The monoisotopic (exact) mass is 455 g/mol. The van der Waals surface area contributed by atoms with Gasteiger partial charge in [0.15, 0.2) is 0 Å². The van der Waals surface area contributed by atoms with Crippen molar-refractivity contribution in [2.75, 3.05) is 12.0 Å². The number of ether oxygens (including phenoxy) is 1. The van der Waals surface area contributed by atoms with Crippen LogP contribution in [0.25, 0.3) is 0 Å². The Kier molecular flexibility index (Phi) is 5.51. The van der Waals surface area contributed by atoms with E-state index in [-0.39, 0.29) is 29.2 Å². The molecular formula is C25H21N5O4. The number of non-ortho nitro benzene ring substituents is 1. The van der Waals surface area contributed by atoms with Crippen molar-refractivity contribution in [2.45, 2.75) is 18.5 Å². The van der Waals surface area contributed by atoms with Gasteiger partial charge in [0.25, 0.3) is 11.6 Å². The molecular weight excluding hydrogens is 434 g/mol. The third-order valence-electron chi connectivity index (χ3n) is 6.03. The minimum absolute atomic E-state index is 0.146. The molecule has 1 aromatic heterocycles. The van der Waals surface area contributed by atoms with Crippen LogP contribution in [-0.4, -0.2) is 32.7 Å². The van der Waals surface area contributed by atoms with E-state index in [9.17, 15) is 14.9 Å². The second-order valence-electron chi connectivity index (χ2n) is 7.91. The Morgan fingerprint density at radius 3 is 2.56 bits per heavy atom. The Hall–Kier alpha value is -4.53. The summed E-state index contributed by atoms with van der Waals surface area (Å²) in [6.45, 7) is 0. The van der Waals surface area contributed by atoms with Gasteiger partial charge in [0.1, 0.15) is 12.1 Å². The second-order valence-corrected chi connectivity index (χ2v) is 7.91. The van der Waals surface area contributed by atoms with Crippen LogP contribution in [0.5, 0.6) is 5.75 Å². The number of nitro groups is 1. The highest BCUT2D eigenvalue weighted by atomic mass is 16.6. The molecule has 5 rings (SSSR count). The summed E-state index contributed by atoms with van der Waals surface area (Å²) in [4.78, 5) is 30.6. The van der Waals surface area contributed by atoms with Gasteiger partial charge in [-0.25, -0.2) is 4.68 Å². The zero-order valence-corrected chi connectivity index (χ0v) is 18.3. The van der Waals surface area contributed by atoms with Gasteiger partial charge in [0.05, 0.1) is 24.1 Å². The second kappa shape index (κ2) is 8.78. The van der Waals surface area contributed by atoms with Crippen LogP contribution in [0.1, 0.15) is 40.0 Å². The van der Waals surface area contributed by atoms with Crippen molar-refractivity contribution >= 4 is 17.5 Å². The number of carbonyl (C=O) groups is 1. The highest BCUT2D eigenvalue weighted by Gasteiger charge is 2.40. The maximum Gasteiger partial charge on any atom is 0.270 e. The number of anilines is 1. The maximum atomic E-state index is 13.8. The maximum absolute atomic E-state index is 13.8. The summed E-state index contributed by atoms with van der Waals surface area (Å²) in [7, 11) is 1.62. The molecule has 34 heavy (non-hydrogen) atoms. The van der Waals surface area contributed by atoms with E-state index in [0.717, 1.165) is 16.9 Å².